The van der Waals surface area contributed by atoms with E-state index in [-0.39, 0.29) is 18.5 Å². The number of unbranched alkanes of at least 4 members (excludes halogenated alkanes) is 54. The Morgan fingerprint density at radius 1 is 0.360 bits per heavy atom. The largest absolute Gasteiger partial charge is 0.466 e. The maximum absolute atomic E-state index is 12.5. The molecular formula is C69H135NO5. The van der Waals surface area contributed by atoms with Gasteiger partial charge in [0.2, 0.25) is 5.91 Å². The number of aliphatic hydroxyl groups excluding tert-OH is 2. The van der Waals surface area contributed by atoms with Crippen LogP contribution in [0, 0.1) is 0 Å². The Bertz CT molecular complexity index is 1130. The number of rotatable bonds is 65. The molecule has 0 aliphatic rings. The summed E-state index contributed by atoms with van der Waals surface area (Å²) in [4.78, 5) is 24.6. The molecule has 3 N–H and O–H groups in total. The Morgan fingerprint density at radius 2 is 0.613 bits per heavy atom. The van der Waals surface area contributed by atoms with Gasteiger partial charge in [-0.25, -0.2) is 0 Å². The van der Waals surface area contributed by atoms with Crippen LogP contribution in [0.15, 0.2) is 12.2 Å². The summed E-state index contributed by atoms with van der Waals surface area (Å²) >= 11 is 0. The Hall–Kier alpha value is -1.40. The van der Waals surface area contributed by atoms with E-state index in [4.69, 9.17) is 4.74 Å². The lowest BCUT2D eigenvalue weighted by atomic mass is 10.0. The molecule has 6 heteroatoms. The predicted molar refractivity (Wildman–Crippen MR) is 329 cm³/mol. The zero-order valence-electron chi connectivity index (χ0n) is 51.1. The van der Waals surface area contributed by atoms with E-state index in [1.807, 2.05) is 6.08 Å². The van der Waals surface area contributed by atoms with Gasteiger partial charge in [0.05, 0.1) is 25.4 Å². The van der Waals surface area contributed by atoms with Gasteiger partial charge in [-0.05, 0) is 32.1 Å². The first-order chi connectivity index (χ1) is 37.0. The summed E-state index contributed by atoms with van der Waals surface area (Å²) in [6, 6.07) is -0.631. The van der Waals surface area contributed by atoms with E-state index in [9.17, 15) is 19.8 Å². The third-order valence-electron chi connectivity index (χ3n) is 16.3. The molecule has 0 fully saturated rings. The van der Waals surface area contributed by atoms with Crippen molar-refractivity contribution < 1.29 is 24.5 Å². The molecule has 1 amide bonds. The van der Waals surface area contributed by atoms with Gasteiger partial charge in [0.1, 0.15) is 0 Å². The summed E-state index contributed by atoms with van der Waals surface area (Å²) < 4.78 is 5.49. The first-order valence-corrected chi connectivity index (χ1v) is 34.5. The van der Waals surface area contributed by atoms with Gasteiger partial charge in [0, 0.05) is 12.8 Å². The van der Waals surface area contributed by atoms with Crippen LogP contribution in [0.3, 0.4) is 0 Å². The van der Waals surface area contributed by atoms with Crippen LogP contribution >= 0.6 is 0 Å². The van der Waals surface area contributed by atoms with Crippen molar-refractivity contribution in [3.8, 4) is 0 Å². The fraction of sp³-hybridized carbons (Fsp3) is 0.942. The van der Waals surface area contributed by atoms with Gasteiger partial charge >= 0.3 is 5.97 Å². The molecule has 0 heterocycles. The molecule has 0 radical (unpaired) electrons. The van der Waals surface area contributed by atoms with E-state index in [1.165, 1.54) is 327 Å². The van der Waals surface area contributed by atoms with Gasteiger partial charge in [-0.3, -0.25) is 9.59 Å². The molecule has 0 saturated carbocycles. The molecule has 2 unspecified atom stereocenters. The second kappa shape index (κ2) is 65.1. The van der Waals surface area contributed by atoms with Crippen LogP contribution in [0.2, 0.25) is 0 Å². The lowest BCUT2D eigenvalue weighted by molar-refractivity contribution is -0.143. The number of hydrogen-bond acceptors (Lipinski definition) is 5. The Labute approximate surface area is 469 Å². The number of carbonyl (C=O) groups is 2. The topological polar surface area (TPSA) is 95.9 Å². The van der Waals surface area contributed by atoms with Crippen molar-refractivity contribution in [1.29, 1.82) is 0 Å². The second-order valence-electron chi connectivity index (χ2n) is 23.9. The molecule has 6 nitrogen and oxygen atoms in total. The summed E-state index contributed by atoms with van der Waals surface area (Å²) in [7, 11) is 0. The zero-order valence-corrected chi connectivity index (χ0v) is 51.1. The number of aliphatic hydroxyl groups is 2. The standard InChI is InChI=1S/C69H135NO5/c1-3-5-7-9-11-13-15-17-19-20-21-22-23-24-25-26-28-31-34-37-41-45-49-53-57-61-67(72)66(65-71)70-68(73)62-58-54-50-46-42-38-35-32-29-27-30-33-36-40-44-48-52-56-60-64-75-69(74)63-59-55-51-47-43-39-18-16-14-12-10-8-6-4-2/h57,61,66-67,71-72H,3-56,58-60,62-65H2,1-2H3,(H,70,73)/b61-57+. The van der Waals surface area contributed by atoms with Crippen molar-refractivity contribution in [2.75, 3.05) is 13.2 Å². The highest BCUT2D eigenvalue weighted by atomic mass is 16.5. The van der Waals surface area contributed by atoms with Crippen LogP contribution in [-0.4, -0.2) is 47.4 Å². The number of hydrogen-bond donors (Lipinski definition) is 3. The predicted octanol–water partition coefficient (Wildman–Crippen LogP) is 22.0. The molecule has 0 bridgehead atoms. The SMILES string of the molecule is CCCCCCCCCCCCCCCCCCCCCCCCC/C=C/C(O)C(CO)NC(=O)CCCCCCCCCCCCCCCCCCCCCOC(=O)CCCCCCCCCCCCCCCC. The van der Waals surface area contributed by atoms with Gasteiger partial charge in [-0.15, -0.1) is 0 Å². The van der Waals surface area contributed by atoms with Crippen molar-refractivity contribution in [3.63, 3.8) is 0 Å². The van der Waals surface area contributed by atoms with Gasteiger partial charge in [0.25, 0.3) is 0 Å². The molecule has 75 heavy (non-hydrogen) atoms. The molecule has 0 aromatic carbocycles. The van der Waals surface area contributed by atoms with Crippen LogP contribution in [0.5, 0.6) is 0 Å². The third-order valence-corrected chi connectivity index (χ3v) is 16.3. The van der Waals surface area contributed by atoms with Crippen molar-refractivity contribution in [2.24, 2.45) is 0 Å². The van der Waals surface area contributed by atoms with Crippen LogP contribution in [0.25, 0.3) is 0 Å². The number of carbonyl (C=O) groups excluding carboxylic acids is 2. The first-order valence-electron chi connectivity index (χ1n) is 34.5. The molecule has 0 aliphatic heterocycles. The summed E-state index contributed by atoms with van der Waals surface area (Å²) in [6.07, 6.45) is 79.9. The van der Waals surface area contributed by atoms with Crippen molar-refractivity contribution in [2.45, 2.75) is 405 Å². The Balaban J connectivity index is 3.42. The molecule has 0 aromatic rings. The van der Waals surface area contributed by atoms with Gasteiger partial charge < -0.3 is 20.3 Å². The zero-order chi connectivity index (χ0) is 54.3. The number of allylic oxidation sites excluding steroid dienone is 1. The maximum Gasteiger partial charge on any atom is 0.305 e. The third kappa shape index (κ3) is 61.7. The molecule has 0 saturated heterocycles. The normalized spacial score (nSPS) is 12.5. The number of amides is 1. The first kappa shape index (κ1) is 73.6. The minimum absolute atomic E-state index is 0.0118. The van der Waals surface area contributed by atoms with Crippen molar-refractivity contribution in [1.82, 2.24) is 5.32 Å². The van der Waals surface area contributed by atoms with Crippen molar-refractivity contribution >= 4 is 11.9 Å². The number of esters is 1. The second-order valence-corrected chi connectivity index (χ2v) is 23.9. The maximum atomic E-state index is 12.5. The molecule has 0 rings (SSSR count). The highest BCUT2D eigenvalue weighted by molar-refractivity contribution is 5.76. The van der Waals surface area contributed by atoms with Gasteiger partial charge in [0.15, 0.2) is 0 Å². The summed E-state index contributed by atoms with van der Waals surface area (Å²) in [5.41, 5.74) is 0. The van der Waals surface area contributed by atoms with E-state index < -0.39 is 12.1 Å². The monoisotopic (exact) mass is 1060 g/mol. The molecule has 0 spiro atoms. The summed E-state index contributed by atoms with van der Waals surface area (Å²) in [5, 5.41) is 23.3. The fourth-order valence-corrected chi connectivity index (χ4v) is 11.1. The molecular weight excluding hydrogens is 923 g/mol. The lowest BCUT2D eigenvalue weighted by Gasteiger charge is -2.20. The van der Waals surface area contributed by atoms with Crippen LogP contribution in [0.1, 0.15) is 393 Å². The quantitative estimate of drug-likeness (QED) is 0.0320. The van der Waals surface area contributed by atoms with Crippen LogP contribution in [-0.2, 0) is 14.3 Å². The Morgan fingerprint density at radius 3 is 0.907 bits per heavy atom. The van der Waals surface area contributed by atoms with E-state index in [1.54, 1.807) is 6.08 Å². The average molecular weight is 1060 g/mol. The highest BCUT2D eigenvalue weighted by Gasteiger charge is 2.18. The summed E-state index contributed by atoms with van der Waals surface area (Å²) in [5.74, 6) is -0.0539. The van der Waals surface area contributed by atoms with E-state index in [0.717, 1.165) is 38.5 Å². The number of nitrogens with one attached hydrogen (secondary N) is 1. The van der Waals surface area contributed by atoms with Crippen LogP contribution in [0.4, 0.5) is 0 Å². The van der Waals surface area contributed by atoms with Crippen LogP contribution < -0.4 is 5.32 Å². The minimum atomic E-state index is -0.847. The van der Waals surface area contributed by atoms with E-state index >= 15 is 0 Å². The molecule has 2 atom stereocenters. The van der Waals surface area contributed by atoms with Gasteiger partial charge in [-0.1, -0.05) is 360 Å². The fourth-order valence-electron chi connectivity index (χ4n) is 11.1. The number of ether oxygens (including phenoxy) is 1. The van der Waals surface area contributed by atoms with E-state index in [2.05, 4.69) is 19.2 Å². The minimum Gasteiger partial charge on any atom is -0.466 e. The van der Waals surface area contributed by atoms with E-state index in [0.29, 0.717) is 19.4 Å². The highest BCUT2D eigenvalue weighted by Crippen LogP contribution is 2.19. The van der Waals surface area contributed by atoms with Crippen molar-refractivity contribution in [3.05, 3.63) is 12.2 Å². The average Bonchev–Trinajstić information content (AvgIpc) is 3.41. The molecule has 446 valence electrons. The lowest BCUT2D eigenvalue weighted by Crippen LogP contribution is -2.45. The molecule has 0 aliphatic carbocycles. The summed E-state index contributed by atoms with van der Waals surface area (Å²) in [6.45, 7) is 4.94. The smallest absolute Gasteiger partial charge is 0.305 e. The molecule has 0 aromatic heterocycles. The Kier molecular flexibility index (Phi) is 63.9. The van der Waals surface area contributed by atoms with Gasteiger partial charge in [-0.2, -0.15) is 0 Å².